The van der Waals surface area contributed by atoms with E-state index in [1.807, 2.05) is 36.4 Å². The lowest BCUT2D eigenvalue weighted by molar-refractivity contribution is -0.176. The highest BCUT2D eigenvalue weighted by Gasteiger charge is 2.27. The van der Waals surface area contributed by atoms with Gasteiger partial charge in [0, 0.05) is 25.7 Å². The fourth-order valence-electron chi connectivity index (χ4n) is 2.47. The monoisotopic (exact) mass is 395 g/mol. The molecule has 0 unspecified atom stereocenters. The van der Waals surface area contributed by atoms with Crippen molar-refractivity contribution in [2.75, 3.05) is 20.8 Å². The van der Waals surface area contributed by atoms with Crippen LogP contribution in [0.2, 0.25) is 0 Å². The topological polar surface area (TPSA) is 54.9 Å². The lowest BCUT2D eigenvalue weighted by atomic mass is 10.1. The molecule has 0 aromatic heterocycles. The van der Waals surface area contributed by atoms with Gasteiger partial charge in [-0.3, -0.25) is 4.99 Å². The predicted molar refractivity (Wildman–Crippen MR) is 102 cm³/mol. The molecule has 2 N–H and O–H groups in total. The van der Waals surface area contributed by atoms with Gasteiger partial charge in [0.25, 0.3) is 0 Å². The summed E-state index contributed by atoms with van der Waals surface area (Å²) in [7, 11) is 3.31. The summed E-state index contributed by atoms with van der Waals surface area (Å²) in [6, 6.07) is 14.9. The van der Waals surface area contributed by atoms with Crippen LogP contribution in [0.25, 0.3) is 0 Å². The first kappa shape index (κ1) is 21.6. The summed E-state index contributed by atoms with van der Waals surface area (Å²) in [4.78, 5) is 4.18. The molecule has 0 bridgehead atoms. The molecule has 2 rings (SSSR count). The zero-order chi connectivity index (χ0) is 20.4. The summed E-state index contributed by atoms with van der Waals surface area (Å²) in [5.41, 5.74) is 2.67. The summed E-state index contributed by atoms with van der Waals surface area (Å²) in [5.74, 6) is 1.43. The molecule has 152 valence electrons. The van der Waals surface area contributed by atoms with Gasteiger partial charge in [-0.25, -0.2) is 0 Å². The van der Waals surface area contributed by atoms with Crippen LogP contribution < -0.4 is 15.4 Å². The molecule has 0 amide bonds. The molecule has 2 aromatic carbocycles. The van der Waals surface area contributed by atoms with Crippen molar-refractivity contribution < 1.29 is 22.6 Å². The molecule has 2 aromatic rings. The number of alkyl halides is 3. The van der Waals surface area contributed by atoms with E-state index in [1.165, 1.54) is 0 Å². The minimum atomic E-state index is -4.31. The van der Waals surface area contributed by atoms with Crippen molar-refractivity contribution in [1.29, 1.82) is 0 Å². The van der Waals surface area contributed by atoms with E-state index in [0.717, 1.165) is 16.9 Å². The number of aliphatic imine (C=N–C) groups is 1. The third kappa shape index (κ3) is 7.48. The first-order chi connectivity index (χ1) is 13.4. The zero-order valence-corrected chi connectivity index (χ0v) is 15.8. The van der Waals surface area contributed by atoms with E-state index in [9.17, 15) is 13.2 Å². The second-order valence-corrected chi connectivity index (χ2v) is 6.02. The molecule has 0 aliphatic heterocycles. The third-order valence-electron chi connectivity index (χ3n) is 3.88. The Morgan fingerprint density at radius 2 is 1.61 bits per heavy atom. The Morgan fingerprint density at radius 1 is 0.964 bits per heavy atom. The molecular formula is C20H24F3N3O2. The van der Waals surface area contributed by atoms with Crippen molar-refractivity contribution in [2.45, 2.75) is 25.9 Å². The number of benzene rings is 2. The molecule has 0 radical (unpaired) electrons. The van der Waals surface area contributed by atoms with Crippen LogP contribution in [0.5, 0.6) is 5.75 Å². The second-order valence-electron chi connectivity index (χ2n) is 6.02. The van der Waals surface area contributed by atoms with E-state index >= 15 is 0 Å². The molecule has 0 fully saturated rings. The summed E-state index contributed by atoms with van der Waals surface area (Å²) in [6.07, 6.45) is -4.31. The number of hydrogen-bond acceptors (Lipinski definition) is 3. The normalized spacial score (nSPS) is 12.0. The minimum Gasteiger partial charge on any atom is -0.496 e. The number of methoxy groups -OCH3 is 1. The largest absolute Gasteiger partial charge is 0.496 e. The van der Waals surface area contributed by atoms with Crippen LogP contribution >= 0.6 is 0 Å². The van der Waals surface area contributed by atoms with Gasteiger partial charge in [-0.05, 0) is 17.2 Å². The van der Waals surface area contributed by atoms with Gasteiger partial charge >= 0.3 is 6.18 Å². The summed E-state index contributed by atoms with van der Waals surface area (Å²) in [5, 5.41) is 6.41. The van der Waals surface area contributed by atoms with Crippen LogP contribution in [0, 0.1) is 0 Å². The molecule has 8 heteroatoms. The van der Waals surface area contributed by atoms with E-state index in [-0.39, 0.29) is 6.61 Å². The first-order valence-corrected chi connectivity index (χ1v) is 8.70. The summed E-state index contributed by atoms with van der Waals surface area (Å²) < 4.78 is 46.2. The fraction of sp³-hybridized carbons (Fsp3) is 0.350. The number of para-hydroxylation sites is 1. The number of ether oxygens (including phenoxy) is 2. The van der Waals surface area contributed by atoms with Gasteiger partial charge in [-0.2, -0.15) is 13.2 Å². The van der Waals surface area contributed by atoms with Gasteiger partial charge in [0.15, 0.2) is 5.96 Å². The number of halogens is 3. The number of nitrogens with zero attached hydrogens (tertiary/aromatic N) is 1. The first-order valence-electron chi connectivity index (χ1n) is 8.70. The van der Waals surface area contributed by atoms with E-state index in [4.69, 9.17) is 4.74 Å². The third-order valence-corrected chi connectivity index (χ3v) is 3.88. The average Bonchev–Trinajstić information content (AvgIpc) is 2.68. The Morgan fingerprint density at radius 3 is 2.25 bits per heavy atom. The molecule has 0 atom stereocenters. The quantitative estimate of drug-likeness (QED) is 0.529. The number of nitrogens with one attached hydrogen (secondary N) is 2. The standard InChI is InChI=1S/C20H24F3N3O2/c1-24-19(26-12-17-5-3-4-6-18(17)27-2)25-11-15-7-9-16(10-8-15)13-28-14-20(21,22)23/h3-10H,11-14H2,1-2H3,(H2,24,25,26). The van der Waals surface area contributed by atoms with Gasteiger partial charge in [0.05, 0.1) is 13.7 Å². The highest BCUT2D eigenvalue weighted by molar-refractivity contribution is 5.79. The lowest BCUT2D eigenvalue weighted by Gasteiger charge is -2.14. The minimum absolute atomic E-state index is 0.0741. The van der Waals surface area contributed by atoms with Crippen molar-refractivity contribution in [2.24, 2.45) is 4.99 Å². The molecule has 28 heavy (non-hydrogen) atoms. The van der Waals surface area contributed by atoms with Crippen molar-refractivity contribution >= 4 is 5.96 Å². The fourth-order valence-corrected chi connectivity index (χ4v) is 2.47. The molecule has 0 saturated carbocycles. The summed E-state index contributed by atoms with van der Waals surface area (Å²) in [6.45, 7) is -0.242. The Hall–Kier alpha value is -2.74. The highest BCUT2D eigenvalue weighted by atomic mass is 19.4. The molecular weight excluding hydrogens is 371 g/mol. The Labute approximate surface area is 162 Å². The maximum atomic E-state index is 12.1. The van der Waals surface area contributed by atoms with Crippen LogP contribution in [0.3, 0.4) is 0 Å². The highest BCUT2D eigenvalue weighted by Crippen LogP contribution is 2.17. The molecule has 5 nitrogen and oxygen atoms in total. The SMILES string of the molecule is CN=C(NCc1ccc(COCC(F)(F)F)cc1)NCc1ccccc1OC. The predicted octanol–water partition coefficient (Wildman–Crippen LogP) is 3.64. The van der Waals surface area contributed by atoms with Crippen LogP contribution in [0.15, 0.2) is 53.5 Å². The molecule has 0 spiro atoms. The van der Waals surface area contributed by atoms with Gasteiger partial charge in [0.1, 0.15) is 12.4 Å². The lowest BCUT2D eigenvalue weighted by Crippen LogP contribution is -2.36. The van der Waals surface area contributed by atoms with Gasteiger partial charge in [-0.1, -0.05) is 42.5 Å². The molecule has 0 aliphatic rings. The van der Waals surface area contributed by atoms with Gasteiger partial charge in [0.2, 0.25) is 0 Å². The van der Waals surface area contributed by atoms with Crippen LogP contribution in [0.1, 0.15) is 16.7 Å². The Kier molecular flexibility index (Phi) is 8.13. The maximum absolute atomic E-state index is 12.1. The molecule has 0 saturated heterocycles. The Balaban J connectivity index is 1.80. The second kappa shape index (κ2) is 10.6. The van der Waals surface area contributed by atoms with E-state index in [1.54, 1.807) is 26.3 Å². The van der Waals surface area contributed by atoms with Gasteiger partial charge in [-0.15, -0.1) is 0 Å². The average molecular weight is 395 g/mol. The van der Waals surface area contributed by atoms with E-state index in [2.05, 4.69) is 20.4 Å². The Bertz CT molecular complexity index is 762. The maximum Gasteiger partial charge on any atom is 0.411 e. The van der Waals surface area contributed by atoms with Crippen molar-refractivity contribution in [1.82, 2.24) is 10.6 Å². The van der Waals surface area contributed by atoms with E-state index in [0.29, 0.717) is 24.6 Å². The van der Waals surface area contributed by atoms with Gasteiger partial charge < -0.3 is 20.1 Å². The van der Waals surface area contributed by atoms with Crippen LogP contribution in [-0.2, 0) is 24.4 Å². The zero-order valence-electron chi connectivity index (χ0n) is 15.8. The molecule has 0 heterocycles. The van der Waals surface area contributed by atoms with Crippen molar-refractivity contribution in [3.63, 3.8) is 0 Å². The number of guanidine groups is 1. The number of hydrogen-bond donors (Lipinski definition) is 2. The molecule has 0 aliphatic carbocycles. The summed E-state index contributed by atoms with van der Waals surface area (Å²) >= 11 is 0. The van der Waals surface area contributed by atoms with E-state index < -0.39 is 12.8 Å². The van der Waals surface area contributed by atoms with Crippen molar-refractivity contribution in [3.05, 3.63) is 65.2 Å². The van der Waals surface area contributed by atoms with Crippen LogP contribution in [0.4, 0.5) is 13.2 Å². The smallest absolute Gasteiger partial charge is 0.411 e. The van der Waals surface area contributed by atoms with Crippen LogP contribution in [-0.4, -0.2) is 32.9 Å². The van der Waals surface area contributed by atoms with Crippen molar-refractivity contribution in [3.8, 4) is 5.75 Å². The number of rotatable bonds is 8.